The van der Waals surface area contributed by atoms with Gasteiger partial charge in [-0.1, -0.05) is 35.9 Å². The van der Waals surface area contributed by atoms with Gasteiger partial charge in [0.15, 0.2) is 0 Å². The fourth-order valence-corrected chi connectivity index (χ4v) is 2.75. The summed E-state index contributed by atoms with van der Waals surface area (Å²) in [5.41, 5.74) is 2.33. The molecule has 3 aromatic carbocycles. The molecule has 0 radical (unpaired) electrons. The van der Waals surface area contributed by atoms with E-state index in [-0.39, 0.29) is 0 Å². The number of aromatic nitrogens is 1. The molecule has 0 atom stereocenters. The van der Waals surface area contributed by atoms with E-state index in [1.54, 1.807) is 0 Å². The third-order valence-corrected chi connectivity index (χ3v) is 3.66. The van der Waals surface area contributed by atoms with E-state index in [0.29, 0.717) is 0 Å². The molecule has 0 amide bonds. The van der Waals surface area contributed by atoms with Gasteiger partial charge in [-0.2, -0.15) is 0 Å². The fraction of sp³-hybridized carbons (Fsp3) is 0. The van der Waals surface area contributed by atoms with Crippen molar-refractivity contribution in [1.82, 2.24) is 4.98 Å². The summed E-state index contributed by atoms with van der Waals surface area (Å²) in [5.74, 6) is 0. The zero-order valence-electron chi connectivity index (χ0n) is 9.57. The van der Waals surface area contributed by atoms with Gasteiger partial charge >= 0.3 is 0 Å². The normalized spacial score (nSPS) is 11.6. The minimum atomic E-state index is 0.776. The summed E-state index contributed by atoms with van der Waals surface area (Å²) in [6.07, 6.45) is 0. The number of fused-ring (bicyclic) bond motifs is 4. The smallest absolute Gasteiger partial charge is 0.0471 e. The Balaban J connectivity index is 2.23. The molecular weight excluding hydrogens is 242 g/mol. The van der Waals surface area contributed by atoms with Gasteiger partial charge in [0.1, 0.15) is 0 Å². The van der Waals surface area contributed by atoms with Crippen molar-refractivity contribution in [2.24, 2.45) is 0 Å². The van der Waals surface area contributed by atoms with Crippen molar-refractivity contribution in [3.05, 3.63) is 59.6 Å². The lowest BCUT2D eigenvalue weighted by atomic mass is 10.1. The van der Waals surface area contributed by atoms with E-state index in [9.17, 15) is 0 Å². The summed E-state index contributed by atoms with van der Waals surface area (Å²) in [6, 6.07) is 18.8. The number of rotatable bonds is 0. The molecular formula is C16H10ClN. The van der Waals surface area contributed by atoms with Crippen molar-refractivity contribution >= 4 is 44.2 Å². The second kappa shape index (κ2) is 3.50. The molecule has 1 N–H and O–H groups in total. The number of para-hydroxylation sites is 1. The molecule has 0 spiro atoms. The Labute approximate surface area is 109 Å². The number of benzene rings is 3. The van der Waals surface area contributed by atoms with Crippen LogP contribution >= 0.6 is 11.6 Å². The first-order chi connectivity index (χ1) is 8.81. The molecule has 4 aromatic rings. The molecule has 1 nitrogen and oxygen atoms in total. The lowest BCUT2D eigenvalue weighted by molar-refractivity contribution is 1.55. The second-order valence-electron chi connectivity index (χ2n) is 4.56. The predicted molar refractivity (Wildman–Crippen MR) is 78.3 cm³/mol. The van der Waals surface area contributed by atoms with Crippen molar-refractivity contribution in [3.8, 4) is 0 Å². The third kappa shape index (κ3) is 1.34. The highest BCUT2D eigenvalue weighted by Gasteiger charge is 2.05. The first-order valence-corrected chi connectivity index (χ1v) is 6.29. The van der Waals surface area contributed by atoms with Crippen LogP contribution in [0.4, 0.5) is 0 Å². The highest BCUT2D eigenvalue weighted by molar-refractivity contribution is 6.31. The molecule has 0 bridgehead atoms. The van der Waals surface area contributed by atoms with Gasteiger partial charge in [-0.3, -0.25) is 0 Å². The van der Waals surface area contributed by atoms with Crippen molar-refractivity contribution in [2.45, 2.75) is 0 Å². The Morgan fingerprint density at radius 1 is 0.722 bits per heavy atom. The molecule has 0 aliphatic rings. The van der Waals surface area contributed by atoms with E-state index in [4.69, 9.17) is 11.6 Å². The van der Waals surface area contributed by atoms with Crippen LogP contribution in [-0.2, 0) is 0 Å². The zero-order chi connectivity index (χ0) is 12.1. The Morgan fingerprint density at radius 3 is 2.56 bits per heavy atom. The Morgan fingerprint density at radius 2 is 1.61 bits per heavy atom. The molecule has 1 heterocycles. The quantitative estimate of drug-likeness (QED) is 0.446. The van der Waals surface area contributed by atoms with E-state index in [1.165, 1.54) is 27.1 Å². The lowest BCUT2D eigenvalue weighted by Crippen LogP contribution is -1.74. The van der Waals surface area contributed by atoms with Crippen LogP contribution in [0.1, 0.15) is 0 Å². The Bertz CT molecular complexity index is 889. The van der Waals surface area contributed by atoms with Crippen LogP contribution in [0.25, 0.3) is 32.6 Å². The van der Waals surface area contributed by atoms with Crippen LogP contribution in [0, 0.1) is 0 Å². The maximum absolute atomic E-state index is 6.04. The van der Waals surface area contributed by atoms with Crippen molar-refractivity contribution < 1.29 is 0 Å². The van der Waals surface area contributed by atoms with E-state index >= 15 is 0 Å². The van der Waals surface area contributed by atoms with Crippen LogP contribution in [0.15, 0.2) is 54.6 Å². The summed E-state index contributed by atoms with van der Waals surface area (Å²) in [4.78, 5) is 3.45. The van der Waals surface area contributed by atoms with Crippen molar-refractivity contribution in [1.29, 1.82) is 0 Å². The van der Waals surface area contributed by atoms with Crippen molar-refractivity contribution in [3.63, 3.8) is 0 Å². The number of halogens is 1. The van der Waals surface area contributed by atoms with E-state index in [1.807, 2.05) is 18.2 Å². The molecule has 4 rings (SSSR count). The zero-order valence-corrected chi connectivity index (χ0v) is 10.3. The van der Waals surface area contributed by atoms with Gasteiger partial charge in [0.2, 0.25) is 0 Å². The predicted octanol–water partition coefficient (Wildman–Crippen LogP) is 5.13. The maximum Gasteiger partial charge on any atom is 0.0471 e. The summed E-state index contributed by atoms with van der Waals surface area (Å²) in [5, 5.41) is 5.70. The number of aromatic amines is 1. The SMILES string of the molecule is Clc1ccc2cc3c(cc2c1)[nH]c1ccccc13. The molecule has 1 aromatic heterocycles. The summed E-state index contributed by atoms with van der Waals surface area (Å²) in [6.45, 7) is 0. The molecule has 0 saturated carbocycles. The third-order valence-electron chi connectivity index (χ3n) is 3.43. The van der Waals surface area contributed by atoms with Gasteiger partial charge in [0, 0.05) is 26.8 Å². The van der Waals surface area contributed by atoms with Crippen LogP contribution in [0.2, 0.25) is 5.02 Å². The number of H-pyrrole nitrogens is 1. The average Bonchev–Trinajstić information content (AvgIpc) is 2.73. The number of hydrogen-bond acceptors (Lipinski definition) is 0. The summed E-state index contributed by atoms with van der Waals surface area (Å²) < 4.78 is 0. The van der Waals surface area contributed by atoms with Crippen LogP contribution in [0.5, 0.6) is 0 Å². The minimum Gasteiger partial charge on any atom is -0.354 e. The highest BCUT2D eigenvalue weighted by Crippen LogP contribution is 2.30. The number of nitrogens with one attached hydrogen (secondary N) is 1. The highest BCUT2D eigenvalue weighted by atomic mass is 35.5. The van der Waals surface area contributed by atoms with Crippen LogP contribution in [0.3, 0.4) is 0 Å². The van der Waals surface area contributed by atoms with Crippen molar-refractivity contribution in [2.75, 3.05) is 0 Å². The summed E-state index contributed by atoms with van der Waals surface area (Å²) >= 11 is 6.04. The van der Waals surface area contributed by atoms with E-state index in [2.05, 4.69) is 41.4 Å². The van der Waals surface area contributed by atoms with Gasteiger partial charge in [-0.25, -0.2) is 0 Å². The first-order valence-electron chi connectivity index (χ1n) is 5.91. The minimum absolute atomic E-state index is 0.776. The molecule has 0 aliphatic heterocycles. The van der Waals surface area contributed by atoms with Gasteiger partial charge in [-0.05, 0) is 41.1 Å². The monoisotopic (exact) mass is 251 g/mol. The fourth-order valence-electron chi connectivity index (χ4n) is 2.57. The largest absolute Gasteiger partial charge is 0.354 e. The molecule has 86 valence electrons. The average molecular weight is 252 g/mol. The van der Waals surface area contributed by atoms with Gasteiger partial charge < -0.3 is 4.98 Å². The number of hydrogen-bond donors (Lipinski definition) is 1. The van der Waals surface area contributed by atoms with Gasteiger partial charge in [0.05, 0.1) is 0 Å². The van der Waals surface area contributed by atoms with E-state index in [0.717, 1.165) is 10.5 Å². The maximum atomic E-state index is 6.04. The van der Waals surface area contributed by atoms with Crippen LogP contribution in [-0.4, -0.2) is 4.98 Å². The first kappa shape index (κ1) is 9.98. The second-order valence-corrected chi connectivity index (χ2v) is 5.00. The Kier molecular flexibility index (Phi) is 1.94. The van der Waals surface area contributed by atoms with Crippen LogP contribution < -0.4 is 0 Å². The molecule has 0 saturated heterocycles. The standard InChI is InChI=1S/C16H10ClN/c17-12-6-5-10-8-14-13-3-1-2-4-15(13)18-16(14)9-11(10)7-12/h1-9,18H. The molecule has 0 fully saturated rings. The molecule has 2 heteroatoms. The lowest BCUT2D eigenvalue weighted by Gasteiger charge is -1.99. The topological polar surface area (TPSA) is 15.8 Å². The summed E-state index contributed by atoms with van der Waals surface area (Å²) in [7, 11) is 0. The van der Waals surface area contributed by atoms with E-state index < -0.39 is 0 Å². The molecule has 0 unspecified atom stereocenters. The molecule has 18 heavy (non-hydrogen) atoms. The molecule has 0 aliphatic carbocycles. The van der Waals surface area contributed by atoms with Gasteiger partial charge in [-0.15, -0.1) is 0 Å². The Hall–Kier alpha value is -1.99. The van der Waals surface area contributed by atoms with Gasteiger partial charge in [0.25, 0.3) is 0 Å².